The maximum Gasteiger partial charge on any atom is 0.264 e. The van der Waals surface area contributed by atoms with Crippen LogP contribution in [0, 0.1) is 12.8 Å². The summed E-state index contributed by atoms with van der Waals surface area (Å²) in [5.74, 6) is 1.88. The van der Waals surface area contributed by atoms with Gasteiger partial charge in [0.15, 0.2) is 0 Å². The van der Waals surface area contributed by atoms with Gasteiger partial charge in [-0.05, 0) is 25.7 Å². The van der Waals surface area contributed by atoms with Crippen LogP contribution in [-0.4, -0.2) is 29.6 Å². The first-order valence-corrected chi connectivity index (χ1v) is 10.4. The molecule has 6 nitrogen and oxygen atoms in total. The molecular weight excluding hydrogens is 334 g/mol. The fourth-order valence-corrected chi connectivity index (χ4v) is 4.46. The van der Waals surface area contributed by atoms with Gasteiger partial charge >= 0.3 is 0 Å². The van der Waals surface area contributed by atoms with Gasteiger partial charge in [0.25, 0.3) is 10.1 Å². The van der Waals surface area contributed by atoms with Crippen LogP contribution in [0.1, 0.15) is 55.1 Å². The summed E-state index contributed by atoms with van der Waals surface area (Å²) in [5.41, 5.74) is 1.22. The van der Waals surface area contributed by atoms with Gasteiger partial charge in [0, 0.05) is 5.92 Å². The first kappa shape index (κ1) is 16.7. The number of hydrogen-bond acceptors (Lipinski definition) is 7. The van der Waals surface area contributed by atoms with Gasteiger partial charge in [0.2, 0.25) is 0 Å². The lowest BCUT2D eigenvalue weighted by Crippen LogP contribution is -2.10. The molecular formula is C15H21N3O3S2. The predicted octanol–water partition coefficient (Wildman–Crippen LogP) is 3.16. The molecule has 2 aromatic rings. The molecule has 1 saturated carbocycles. The highest BCUT2D eigenvalue weighted by Crippen LogP contribution is 2.38. The zero-order valence-electron chi connectivity index (χ0n) is 13.6. The van der Waals surface area contributed by atoms with E-state index in [-0.39, 0.29) is 6.61 Å². The van der Waals surface area contributed by atoms with Crippen molar-refractivity contribution in [2.45, 2.75) is 52.1 Å². The molecule has 0 unspecified atom stereocenters. The number of rotatable bonds is 4. The molecule has 0 aliphatic heterocycles. The van der Waals surface area contributed by atoms with Crippen LogP contribution in [0.5, 0.6) is 0 Å². The fourth-order valence-electron chi connectivity index (χ4n) is 2.96. The summed E-state index contributed by atoms with van der Waals surface area (Å²) in [6.45, 7) is 4.00. The van der Waals surface area contributed by atoms with E-state index in [9.17, 15) is 8.42 Å². The minimum Gasteiger partial charge on any atom is -0.264 e. The molecule has 1 aliphatic carbocycles. The second kappa shape index (κ2) is 6.41. The van der Waals surface area contributed by atoms with Crippen molar-refractivity contribution >= 4 is 31.8 Å². The number of fused-ring (bicyclic) bond motifs is 1. The third-order valence-corrected chi connectivity index (χ3v) is 5.89. The number of aryl methyl sites for hydroxylation is 1. The van der Waals surface area contributed by atoms with E-state index < -0.39 is 10.1 Å². The van der Waals surface area contributed by atoms with Crippen LogP contribution in [0.25, 0.3) is 10.3 Å². The molecule has 0 atom stereocenters. The maximum atomic E-state index is 11.2. The van der Waals surface area contributed by atoms with E-state index in [4.69, 9.17) is 9.17 Å². The van der Waals surface area contributed by atoms with Crippen LogP contribution in [0.2, 0.25) is 0 Å². The smallest absolute Gasteiger partial charge is 0.264 e. The molecule has 2 aromatic heterocycles. The van der Waals surface area contributed by atoms with Crippen molar-refractivity contribution < 1.29 is 12.6 Å². The predicted molar refractivity (Wildman–Crippen MR) is 90.0 cm³/mol. The van der Waals surface area contributed by atoms with E-state index in [1.54, 1.807) is 18.3 Å². The highest BCUT2D eigenvalue weighted by molar-refractivity contribution is 7.85. The van der Waals surface area contributed by atoms with E-state index in [0.29, 0.717) is 23.0 Å². The van der Waals surface area contributed by atoms with Gasteiger partial charge in [-0.15, -0.1) is 0 Å². The Morgan fingerprint density at radius 3 is 2.52 bits per heavy atom. The fraction of sp³-hybridized carbons (Fsp3) is 0.667. The summed E-state index contributed by atoms with van der Waals surface area (Å²) >= 11 is 1.60. The standard InChI is InChI=1S/C15H21N3O3S2/c1-9-4-6-11(7-5-9)14-18-13-12(8-21-23(3,19)20)16-10(2)17-15(13)22-14/h9,11H,4-8H2,1-3H3/t9-,11-. The Morgan fingerprint density at radius 1 is 1.17 bits per heavy atom. The van der Waals surface area contributed by atoms with Crippen LogP contribution in [0.15, 0.2) is 0 Å². The lowest BCUT2D eigenvalue weighted by atomic mass is 9.83. The Hall–Kier alpha value is -1.12. The summed E-state index contributed by atoms with van der Waals surface area (Å²) in [6, 6.07) is 0. The summed E-state index contributed by atoms with van der Waals surface area (Å²) in [4.78, 5) is 14.3. The first-order chi connectivity index (χ1) is 10.8. The van der Waals surface area contributed by atoms with Crippen molar-refractivity contribution in [3.05, 3.63) is 16.5 Å². The van der Waals surface area contributed by atoms with E-state index in [0.717, 1.165) is 34.9 Å². The Kier molecular flexibility index (Phi) is 4.66. The molecule has 0 N–H and O–H groups in total. The third-order valence-electron chi connectivity index (χ3n) is 4.23. The molecule has 126 valence electrons. The lowest BCUT2D eigenvalue weighted by molar-refractivity contribution is 0.308. The van der Waals surface area contributed by atoms with Crippen molar-refractivity contribution in [2.24, 2.45) is 5.92 Å². The van der Waals surface area contributed by atoms with Gasteiger partial charge in [-0.25, -0.2) is 15.0 Å². The summed E-state index contributed by atoms with van der Waals surface area (Å²) in [6.07, 6.45) is 5.81. The van der Waals surface area contributed by atoms with Gasteiger partial charge in [-0.2, -0.15) is 8.42 Å². The first-order valence-electron chi connectivity index (χ1n) is 7.80. The Bertz CT molecular complexity index is 809. The number of hydrogen-bond donors (Lipinski definition) is 0. The summed E-state index contributed by atoms with van der Waals surface area (Å²) in [5, 5.41) is 1.09. The average Bonchev–Trinajstić information content (AvgIpc) is 2.88. The molecule has 0 saturated heterocycles. The highest BCUT2D eigenvalue weighted by Gasteiger charge is 2.24. The topological polar surface area (TPSA) is 82.0 Å². The molecule has 0 spiro atoms. The summed E-state index contributed by atoms with van der Waals surface area (Å²) < 4.78 is 27.3. The van der Waals surface area contributed by atoms with Gasteiger partial charge in [-0.3, -0.25) is 4.18 Å². The van der Waals surface area contributed by atoms with Crippen LogP contribution >= 0.6 is 11.3 Å². The quantitative estimate of drug-likeness (QED) is 0.784. The molecule has 0 amide bonds. The molecule has 8 heteroatoms. The van der Waals surface area contributed by atoms with Crippen LogP contribution in [0.4, 0.5) is 0 Å². The second-order valence-corrected chi connectivity index (χ2v) is 9.00. The zero-order valence-corrected chi connectivity index (χ0v) is 15.2. The van der Waals surface area contributed by atoms with Gasteiger partial charge in [0.05, 0.1) is 17.0 Å². The molecule has 3 rings (SSSR count). The minimum atomic E-state index is -3.51. The molecule has 1 aliphatic rings. The van der Waals surface area contributed by atoms with Crippen molar-refractivity contribution in [1.82, 2.24) is 15.0 Å². The maximum absolute atomic E-state index is 11.2. The van der Waals surface area contributed by atoms with Crippen LogP contribution in [-0.2, 0) is 20.9 Å². The van der Waals surface area contributed by atoms with Crippen LogP contribution in [0.3, 0.4) is 0 Å². The Balaban J connectivity index is 1.92. The molecule has 0 bridgehead atoms. The number of aromatic nitrogens is 3. The Morgan fingerprint density at radius 2 is 1.87 bits per heavy atom. The third kappa shape index (κ3) is 4.05. The molecule has 23 heavy (non-hydrogen) atoms. The lowest BCUT2D eigenvalue weighted by Gasteiger charge is -2.24. The molecule has 2 heterocycles. The zero-order chi connectivity index (χ0) is 16.6. The summed E-state index contributed by atoms with van der Waals surface area (Å²) in [7, 11) is -3.51. The van der Waals surface area contributed by atoms with Crippen molar-refractivity contribution in [3.8, 4) is 0 Å². The van der Waals surface area contributed by atoms with Crippen molar-refractivity contribution in [1.29, 1.82) is 0 Å². The highest BCUT2D eigenvalue weighted by atomic mass is 32.2. The van der Waals surface area contributed by atoms with Gasteiger partial charge in [-0.1, -0.05) is 31.1 Å². The molecule has 0 radical (unpaired) electrons. The average molecular weight is 355 g/mol. The number of thiazole rings is 1. The monoisotopic (exact) mass is 355 g/mol. The second-order valence-electron chi connectivity index (χ2n) is 6.35. The largest absolute Gasteiger partial charge is 0.264 e. The van der Waals surface area contributed by atoms with E-state index >= 15 is 0 Å². The molecule has 1 fully saturated rings. The van der Waals surface area contributed by atoms with Crippen LogP contribution < -0.4 is 0 Å². The normalized spacial score (nSPS) is 22.6. The van der Waals surface area contributed by atoms with Crippen molar-refractivity contribution in [3.63, 3.8) is 0 Å². The molecule has 0 aromatic carbocycles. The van der Waals surface area contributed by atoms with Gasteiger partial charge in [0.1, 0.15) is 22.8 Å². The van der Waals surface area contributed by atoms with E-state index in [1.807, 2.05) is 0 Å². The SMILES string of the molecule is Cc1nc(COS(C)(=O)=O)c2nc([C@H]3CC[C@H](C)CC3)sc2n1. The van der Waals surface area contributed by atoms with Gasteiger partial charge < -0.3 is 0 Å². The van der Waals surface area contributed by atoms with Crippen molar-refractivity contribution in [2.75, 3.05) is 6.26 Å². The van der Waals surface area contributed by atoms with E-state index in [1.165, 1.54) is 12.8 Å². The Labute approximate surface area is 140 Å². The minimum absolute atomic E-state index is 0.0937. The number of nitrogens with zero attached hydrogens (tertiary/aromatic N) is 3. The van der Waals surface area contributed by atoms with E-state index in [2.05, 4.69) is 16.9 Å².